The summed E-state index contributed by atoms with van der Waals surface area (Å²) in [6.07, 6.45) is 5.72. The molecular formula is C14H18N2O8S2+2. The average molecular weight is 406 g/mol. The second-order valence-corrected chi connectivity index (χ2v) is 7.72. The Labute approximate surface area is 150 Å². The van der Waals surface area contributed by atoms with Crippen molar-refractivity contribution in [2.75, 3.05) is 0 Å². The summed E-state index contributed by atoms with van der Waals surface area (Å²) in [5.41, 5.74) is -3.98. The number of rotatable bonds is 7. The van der Waals surface area contributed by atoms with E-state index in [0.29, 0.717) is 0 Å². The first-order chi connectivity index (χ1) is 11.9. The minimum atomic E-state index is -5.06. The number of pyridine rings is 2. The minimum Gasteiger partial charge on any atom is -0.264 e. The van der Waals surface area contributed by atoms with E-state index in [1.807, 2.05) is 0 Å². The Morgan fingerprint density at radius 2 is 1.15 bits per heavy atom. The van der Waals surface area contributed by atoms with Crippen molar-refractivity contribution in [3.8, 4) is 0 Å². The van der Waals surface area contributed by atoms with Gasteiger partial charge in [-0.3, -0.25) is 9.11 Å². The zero-order chi connectivity index (χ0) is 19.6. The van der Waals surface area contributed by atoms with Crippen LogP contribution in [0.2, 0.25) is 0 Å². The van der Waals surface area contributed by atoms with Crippen LogP contribution < -0.4 is 9.97 Å². The summed E-state index contributed by atoms with van der Waals surface area (Å²) in [4.78, 5) is 5.41. The van der Waals surface area contributed by atoms with Crippen LogP contribution in [0.1, 0.15) is 25.0 Å². The van der Waals surface area contributed by atoms with Crippen LogP contribution in [0.15, 0.2) is 49.1 Å². The van der Waals surface area contributed by atoms with Gasteiger partial charge in [-0.15, -0.1) is 0 Å². The van der Waals surface area contributed by atoms with Gasteiger partial charge in [0.2, 0.25) is 0 Å². The van der Waals surface area contributed by atoms with Crippen LogP contribution in [0, 0.1) is 0 Å². The molecule has 0 amide bonds. The Bertz CT molecular complexity index is 885. The molecule has 2 atom stereocenters. The standard InChI is InChI=1S/C14H16N2O8S2/c1-13(23-25(17,18)19,11-5-3-7-15-9-11)14(2,24-26(20,21)22)12-6-4-8-16-10-12/h3-10H,1-2H3,(H,17,18,19)(H,20,21,22)/p+2/t13-,14-/m0/s1. The summed E-state index contributed by atoms with van der Waals surface area (Å²) in [5, 5.41) is 0. The Balaban J connectivity index is 2.82. The van der Waals surface area contributed by atoms with Crippen LogP contribution in [0.4, 0.5) is 0 Å². The molecule has 2 aromatic heterocycles. The van der Waals surface area contributed by atoms with E-state index in [9.17, 15) is 25.9 Å². The van der Waals surface area contributed by atoms with E-state index in [0.717, 1.165) is 0 Å². The molecule has 2 aromatic rings. The lowest BCUT2D eigenvalue weighted by molar-refractivity contribution is -0.382. The fourth-order valence-electron chi connectivity index (χ4n) is 2.61. The SMILES string of the molecule is C[C@](OS(=O)(=O)O)(c1ccc[nH+]c1)[C@@](C)(OS(=O)(=O)O)c1ccc[nH+]c1. The molecule has 4 N–H and O–H groups in total. The van der Waals surface area contributed by atoms with E-state index >= 15 is 0 Å². The molecule has 0 spiro atoms. The lowest BCUT2D eigenvalue weighted by atomic mass is 9.77. The molecule has 0 saturated carbocycles. The van der Waals surface area contributed by atoms with Crippen LogP contribution in [-0.2, 0) is 40.4 Å². The summed E-state index contributed by atoms with van der Waals surface area (Å²) in [6.45, 7) is 2.39. The van der Waals surface area contributed by atoms with Crippen molar-refractivity contribution in [2.24, 2.45) is 0 Å². The molecule has 0 aromatic carbocycles. The monoisotopic (exact) mass is 406 g/mol. The average Bonchev–Trinajstić information content (AvgIpc) is 2.53. The summed E-state index contributed by atoms with van der Waals surface area (Å²) < 4.78 is 74.4. The van der Waals surface area contributed by atoms with Crippen LogP contribution in [0.25, 0.3) is 0 Å². The highest BCUT2D eigenvalue weighted by Gasteiger charge is 2.56. The maximum atomic E-state index is 11.5. The zero-order valence-corrected chi connectivity index (χ0v) is 15.4. The van der Waals surface area contributed by atoms with Gasteiger partial charge >= 0.3 is 20.8 Å². The molecule has 0 fully saturated rings. The smallest absolute Gasteiger partial charge is 0.264 e. The lowest BCUT2D eigenvalue weighted by Gasteiger charge is -2.41. The quantitative estimate of drug-likeness (QED) is 0.613. The van der Waals surface area contributed by atoms with Gasteiger partial charge < -0.3 is 0 Å². The molecule has 10 nitrogen and oxygen atoms in total. The number of aromatic nitrogens is 2. The molecule has 26 heavy (non-hydrogen) atoms. The predicted molar refractivity (Wildman–Crippen MR) is 86.0 cm³/mol. The molecule has 0 aliphatic heterocycles. The second kappa shape index (κ2) is 6.98. The largest absolute Gasteiger partial charge is 0.398 e. The topological polar surface area (TPSA) is 155 Å². The van der Waals surface area contributed by atoms with Crippen LogP contribution in [-0.4, -0.2) is 25.9 Å². The fraction of sp³-hybridized carbons (Fsp3) is 0.286. The van der Waals surface area contributed by atoms with Gasteiger partial charge in [0, 0.05) is 12.1 Å². The third kappa shape index (κ3) is 4.41. The molecule has 2 heterocycles. The van der Waals surface area contributed by atoms with E-state index in [4.69, 9.17) is 8.37 Å². The molecule has 0 unspecified atom stereocenters. The van der Waals surface area contributed by atoms with Gasteiger partial charge in [-0.05, 0) is 26.0 Å². The van der Waals surface area contributed by atoms with E-state index < -0.39 is 32.0 Å². The van der Waals surface area contributed by atoms with Crippen molar-refractivity contribution >= 4 is 20.8 Å². The summed E-state index contributed by atoms with van der Waals surface area (Å²) >= 11 is 0. The maximum Gasteiger partial charge on any atom is 0.398 e. The highest BCUT2D eigenvalue weighted by Crippen LogP contribution is 2.47. The van der Waals surface area contributed by atoms with Crippen molar-refractivity contribution in [3.05, 3.63) is 60.2 Å². The zero-order valence-electron chi connectivity index (χ0n) is 13.8. The molecule has 0 bridgehead atoms. The Morgan fingerprint density at radius 1 is 0.808 bits per heavy atom. The number of aromatic amines is 2. The normalized spacial score (nSPS) is 17.2. The molecule has 0 radical (unpaired) electrons. The van der Waals surface area contributed by atoms with Crippen LogP contribution in [0.3, 0.4) is 0 Å². The molecule has 0 saturated heterocycles. The van der Waals surface area contributed by atoms with Crippen molar-refractivity contribution in [1.82, 2.24) is 0 Å². The van der Waals surface area contributed by atoms with Gasteiger partial charge in [0.05, 0.1) is 11.1 Å². The van der Waals surface area contributed by atoms with Gasteiger partial charge in [-0.25, -0.2) is 18.3 Å². The van der Waals surface area contributed by atoms with Crippen molar-refractivity contribution in [2.45, 2.75) is 25.0 Å². The molecule has 12 heteroatoms. The first kappa shape index (κ1) is 20.4. The van der Waals surface area contributed by atoms with Gasteiger partial charge in [0.1, 0.15) is 0 Å². The Hall–Kier alpha value is -1.96. The fourth-order valence-corrected chi connectivity index (χ4v) is 3.96. The molecule has 0 aliphatic carbocycles. The second-order valence-electron chi connectivity index (χ2n) is 5.67. The maximum absolute atomic E-state index is 11.5. The van der Waals surface area contributed by atoms with E-state index in [2.05, 4.69) is 9.97 Å². The number of hydrogen-bond acceptors (Lipinski definition) is 6. The Morgan fingerprint density at radius 3 is 1.38 bits per heavy atom. The third-order valence-electron chi connectivity index (χ3n) is 3.97. The lowest BCUT2D eigenvalue weighted by Crippen LogP contribution is -2.51. The molecule has 142 valence electrons. The summed E-state index contributed by atoms with van der Waals surface area (Å²) in [5.74, 6) is 0. The summed E-state index contributed by atoms with van der Waals surface area (Å²) in [7, 11) is -10.1. The highest BCUT2D eigenvalue weighted by molar-refractivity contribution is 7.81. The molecule has 2 rings (SSSR count). The van der Waals surface area contributed by atoms with Gasteiger partial charge in [-0.2, -0.15) is 16.8 Å². The van der Waals surface area contributed by atoms with Crippen molar-refractivity contribution in [1.29, 1.82) is 0 Å². The van der Waals surface area contributed by atoms with Crippen LogP contribution in [0.5, 0.6) is 0 Å². The first-order valence-electron chi connectivity index (χ1n) is 7.17. The van der Waals surface area contributed by atoms with Crippen LogP contribution >= 0.6 is 0 Å². The van der Waals surface area contributed by atoms with E-state index in [1.165, 1.54) is 62.9 Å². The predicted octanol–water partition coefficient (Wildman–Crippen LogP) is 0.0842. The molecular weight excluding hydrogens is 388 g/mol. The first-order valence-corrected chi connectivity index (χ1v) is 9.90. The van der Waals surface area contributed by atoms with E-state index in [-0.39, 0.29) is 11.1 Å². The Kier molecular flexibility index (Phi) is 5.46. The number of hydrogen-bond donors (Lipinski definition) is 2. The van der Waals surface area contributed by atoms with Gasteiger partial charge in [0.25, 0.3) is 0 Å². The summed E-state index contributed by atoms with van der Waals surface area (Å²) in [6, 6.07) is 5.87. The van der Waals surface area contributed by atoms with Crippen molar-refractivity contribution in [3.63, 3.8) is 0 Å². The number of H-pyrrole nitrogens is 2. The number of nitrogens with one attached hydrogen (secondary N) is 2. The minimum absolute atomic E-state index is 0.118. The molecule has 0 aliphatic rings. The van der Waals surface area contributed by atoms with Gasteiger partial charge in [0.15, 0.2) is 36.0 Å². The van der Waals surface area contributed by atoms with Crippen molar-refractivity contribution < 1.29 is 44.3 Å². The third-order valence-corrected chi connectivity index (χ3v) is 5.06. The highest BCUT2D eigenvalue weighted by atomic mass is 32.3. The van der Waals surface area contributed by atoms with E-state index in [1.54, 1.807) is 0 Å². The van der Waals surface area contributed by atoms with Gasteiger partial charge in [-0.1, -0.05) is 0 Å².